The molecular weight excluding hydrogens is 350 g/mol. The zero-order valence-electron chi connectivity index (χ0n) is 13.1. The molecule has 3 atom stereocenters. The van der Waals surface area contributed by atoms with Crippen LogP contribution in [0.4, 0.5) is 5.69 Å². The lowest BCUT2D eigenvalue weighted by Gasteiger charge is -2.38. The Balaban J connectivity index is 1.82. The topological polar surface area (TPSA) is 21.3 Å². The van der Waals surface area contributed by atoms with E-state index in [0.717, 1.165) is 17.9 Å². The highest BCUT2D eigenvalue weighted by atomic mass is 79.9. The Morgan fingerprint density at radius 2 is 1.96 bits per heavy atom. The Hall–Kier alpha value is -1.74. The van der Waals surface area contributed by atoms with Crippen molar-refractivity contribution in [3.8, 4) is 5.75 Å². The monoisotopic (exact) mass is 369 g/mol. The first-order chi connectivity index (χ1) is 11.3. The highest BCUT2D eigenvalue weighted by Crippen LogP contribution is 2.52. The summed E-state index contributed by atoms with van der Waals surface area (Å²) < 4.78 is 7.04. The van der Waals surface area contributed by atoms with Crippen LogP contribution in [0.5, 0.6) is 5.75 Å². The molecule has 3 heteroatoms. The van der Waals surface area contributed by atoms with Gasteiger partial charge in [-0.05, 0) is 42.5 Å². The van der Waals surface area contributed by atoms with Gasteiger partial charge in [-0.1, -0.05) is 58.4 Å². The average Bonchev–Trinajstić information content (AvgIpc) is 3.05. The van der Waals surface area contributed by atoms with Crippen molar-refractivity contribution < 1.29 is 4.74 Å². The zero-order valence-corrected chi connectivity index (χ0v) is 14.7. The summed E-state index contributed by atoms with van der Waals surface area (Å²) in [6.07, 6.45) is 5.80. The Morgan fingerprint density at radius 1 is 1.13 bits per heavy atom. The summed E-state index contributed by atoms with van der Waals surface area (Å²) in [5, 5.41) is 3.78. The van der Waals surface area contributed by atoms with Crippen LogP contribution in [0.15, 0.2) is 59.1 Å². The standard InChI is InChI=1S/C20H20BrNO/c1-2-23-18-12-6-10-15-13-8-5-9-14(13)19(22-20(15)18)16-7-3-4-11-17(16)21/h3-8,10-14,19,22H,2,9H2,1H3/t13-,14-,19-/m0/s1. The summed E-state index contributed by atoms with van der Waals surface area (Å²) in [4.78, 5) is 0. The van der Waals surface area contributed by atoms with E-state index in [4.69, 9.17) is 4.74 Å². The minimum absolute atomic E-state index is 0.291. The van der Waals surface area contributed by atoms with Crippen molar-refractivity contribution in [3.63, 3.8) is 0 Å². The van der Waals surface area contributed by atoms with Gasteiger partial charge < -0.3 is 10.1 Å². The second kappa shape index (κ2) is 6.04. The maximum Gasteiger partial charge on any atom is 0.142 e. The summed E-state index contributed by atoms with van der Waals surface area (Å²) in [6, 6.07) is 15.2. The van der Waals surface area contributed by atoms with Crippen LogP contribution in [-0.4, -0.2) is 6.61 Å². The molecule has 2 aromatic carbocycles. The molecule has 1 aliphatic carbocycles. The molecule has 1 heterocycles. The first-order valence-electron chi connectivity index (χ1n) is 8.23. The average molecular weight is 370 g/mol. The molecule has 2 nitrogen and oxygen atoms in total. The minimum Gasteiger partial charge on any atom is -0.492 e. The molecule has 0 bridgehead atoms. The molecule has 0 spiro atoms. The molecule has 4 rings (SSSR count). The van der Waals surface area contributed by atoms with E-state index in [2.05, 4.69) is 75.9 Å². The van der Waals surface area contributed by atoms with E-state index in [-0.39, 0.29) is 0 Å². The Morgan fingerprint density at radius 3 is 2.78 bits per heavy atom. The van der Waals surface area contributed by atoms with E-state index in [0.29, 0.717) is 24.5 Å². The summed E-state index contributed by atoms with van der Waals surface area (Å²) >= 11 is 3.73. The van der Waals surface area contributed by atoms with Gasteiger partial charge in [0.15, 0.2) is 0 Å². The molecule has 0 saturated carbocycles. The molecular formula is C20H20BrNO. The second-order valence-corrected chi connectivity index (χ2v) is 7.00. The Bertz CT molecular complexity index is 755. The van der Waals surface area contributed by atoms with Gasteiger partial charge in [0.1, 0.15) is 5.75 Å². The van der Waals surface area contributed by atoms with Gasteiger partial charge in [-0.2, -0.15) is 0 Å². The quantitative estimate of drug-likeness (QED) is 0.703. The van der Waals surface area contributed by atoms with Crippen LogP contribution in [0.25, 0.3) is 0 Å². The summed E-state index contributed by atoms with van der Waals surface area (Å²) in [7, 11) is 0. The van der Waals surface area contributed by atoms with Crippen LogP contribution in [0.3, 0.4) is 0 Å². The van der Waals surface area contributed by atoms with E-state index < -0.39 is 0 Å². The number of para-hydroxylation sites is 1. The molecule has 0 amide bonds. The van der Waals surface area contributed by atoms with E-state index >= 15 is 0 Å². The number of hydrogen-bond acceptors (Lipinski definition) is 2. The van der Waals surface area contributed by atoms with Crippen LogP contribution in [-0.2, 0) is 0 Å². The normalized spacial score (nSPS) is 24.7. The van der Waals surface area contributed by atoms with Crippen LogP contribution < -0.4 is 10.1 Å². The van der Waals surface area contributed by atoms with Crippen molar-refractivity contribution in [1.82, 2.24) is 0 Å². The van der Waals surface area contributed by atoms with Gasteiger partial charge in [-0.15, -0.1) is 0 Å². The van der Waals surface area contributed by atoms with E-state index in [1.54, 1.807) is 0 Å². The first-order valence-corrected chi connectivity index (χ1v) is 9.02. The van der Waals surface area contributed by atoms with Crippen molar-refractivity contribution >= 4 is 21.6 Å². The number of benzene rings is 2. The number of fused-ring (bicyclic) bond motifs is 3. The molecule has 0 saturated heterocycles. The lowest BCUT2D eigenvalue weighted by atomic mass is 9.77. The number of allylic oxidation sites excluding steroid dienone is 2. The summed E-state index contributed by atoms with van der Waals surface area (Å²) in [6.45, 7) is 2.72. The maximum atomic E-state index is 5.87. The lowest BCUT2D eigenvalue weighted by Crippen LogP contribution is -2.29. The largest absolute Gasteiger partial charge is 0.492 e. The molecule has 118 valence electrons. The Labute approximate surface area is 145 Å². The predicted octanol–water partition coefficient (Wildman–Crippen LogP) is 5.67. The molecule has 0 unspecified atom stereocenters. The third-order valence-electron chi connectivity index (χ3n) is 4.90. The van der Waals surface area contributed by atoms with Gasteiger partial charge in [0.05, 0.1) is 18.3 Å². The van der Waals surface area contributed by atoms with Crippen molar-refractivity contribution in [2.75, 3.05) is 11.9 Å². The van der Waals surface area contributed by atoms with Crippen molar-refractivity contribution in [1.29, 1.82) is 0 Å². The lowest BCUT2D eigenvalue weighted by molar-refractivity contribution is 0.337. The molecule has 0 radical (unpaired) electrons. The van der Waals surface area contributed by atoms with Crippen LogP contribution in [0.2, 0.25) is 0 Å². The summed E-state index contributed by atoms with van der Waals surface area (Å²) in [5.41, 5.74) is 3.84. The van der Waals surface area contributed by atoms with Gasteiger partial charge >= 0.3 is 0 Å². The highest BCUT2D eigenvalue weighted by molar-refractivity contribution is 9.10. The first kappa shape index (κ1) is 14.8. The van der Waals surface area contributed by atoms with E-state index in [1.807, 2.05) is 6.92 Å². The fraction of sp³-hybridized carbons (Fsp3) is 0.300. The molecule has 0 aromatic heterocycles. The number of ether oxygens (including phenoxy) is 1. The van der Waals surface area contributed by atoms with Gasteiger partial charge in [0, 0.05) is 10.4 Å². The third-order valence-corrected chi connectivity index (χ3v) is 5.62. The van der Waals surface area contributed by atoms with Gasteiger partial charge in [0.2, 0.25) is 0 Å². The fourth-order valence-electron chi connectivity index (χ4n) is 3.90. The predicted molar refractivity (Wildman–Crippen MR) is 98.1 cm³/mol. The second-order valence-electron chi connectivity index (χ2n) is 6.15. The highest BCUT2D eigenvalue weighted by Gasteiger charge is 2.39. The third kappa shape index (κ3) is 2.47. The molecule has 1 aliphatic heterocycles. The van der Waals surface area contributed by atoms with Gasteiger partial charge in [-0.3, -0.25) is 0 Å². The molecule has 2 aromatic rings. The minimum atomic E-state index is 0.291. The number of rotatable bonds is 3. The van der Waals surface area contributed by atoms with Gasteiger partial charge in [0.25, 0.3) is 0 Å². The van der Waals surface area contributed by atoms with Crippen LogP contribution in [0, 0.1) is 5.92 Å². The molecule has 0 fully saturated rings. The Kier molecular flexibility index (Phi) is 3.90. The molecule has 2 aliphatic rings. The van der Waals surface area contributed by atoms with E-state index in [1.165, 1.54) is 15.6 Å². The number of nitrogens with one attached hydrogen (secondary N) is 1. The fourth-order valence-corrected chi connectivity index (χ4v) is 4.44. The number of halogens is 1. The number of anilines is 1. The number of hydrogen-bond donors (Lipinski definition) is 1. The smallest absolute Gasteiger partial charge is 0.142 e. The SMILES string of the molecule is CCOc1cccc2c1N[C@H](c1ccccc1Br)[C@H]1CC=C[C@H]21. The van der Waals surface area contributed by atoms with Crippen LogP contribution >= 0.6 is 15.9 Å². The molecule has 1 N–H and O–H groups in total. The van der Waals surface area contributed by atoms with Crippen molar-refractivity contribution in [2.45, 2.75) is 25.3 Å². The van der Waals surface area contributed by atoms with Crippen LogP contribution in [0.1, 0.15) is 36.4 Å². The van der Waals surface area contributed by atoms with E-state index in [9.17, 15) is 0 Å². The zero-order chi connectivity index (χ0) is 15.8. The van der Waals surface area contributed by atoms with Crippen molar-refractivity contribution in [3.05, 3.63) is 70.2 Å². The van der Waals surface area contributed by atoms with Gasteiger partial charge in [-0.25, -0.2) is 0 Å². The van der Waals surface area contributed by atoms with Crippen molar-refractivity contribution in [2.24, 2.45) is 5.92 Å². The molecule has 23 heavy (non-hydrogen) atoms. The summed E-state index contributed by atoms with van der Waals surface area (Å²) in [5.74, 6) is 1.97. The maximum absolute atomic E-state index is 5.87.